The molecule has 0 aliphatic rings. The van der Waals surface area contributed by atoms with Crippen molar-refractivity contribution in [3.8, 4) is 0 Å². The zero-order valence-electron chi connectivity index (χ0n) is 12.6. The van der Waals surface area contributed by atoms with E-state index in [-0.39, 0.29) is 23.2 Å². The van der Waals surface area contributed by atoms with Gasteiger partial charge in [-0.1, -0.05) is 27.7 Å². The standard InChI is InChI=1S/C14H24N4O2/c1-5-18(6-2)12(10(3)4)9-15-14(20)11-7-8-13(19)17-16-11/h7-8,10,12H,5-6,9H2,1-4H3,(H,15,20)(H,17,19)/t12-/m0/s1. The van der Waals surface area contributed by atoms with Crippen LogP contribution in [0.4, 0.5) is 0 Å². The van der Waals surface area contributed by atoms with Crippen molar-refractivity contribution in [3.05, 3.63) is 28.2 Å². The Bertz CT molecular complexity index is 460. The number of likely N-dealkylation sites (N-methyl/N-ethyl adjacent to an activating group) is 1. The SMILES string of the molecule is CCN(CC)[C@@H](CNC(=O)c1ccc(=O)[nH]n1)C(C)C. The number of hydrogen-bond acceptors (Lipinski definition) is 4. The van der Waals surface area contributed by atoms with Gasteiger partial charge in [-0.3, -0.25) is 14.5 Å². The van der Waals surface area contributed by atoms with Crippen LogP contribution in [0.5, 0.6) is 0 Å². The minimum absolute atomic E-state index is 0.228. The lowest BCUT2D eigenvalue weighted by atomic mass is 10.0. The minimum atomic E-state index is -0.315. The number of rotatable bonds is 7. The molecule has 20 heavy (non-hydrogen) atoms. The maximum atomic E-state index is 12.0. The average Bonchev–Trinajstić information content (AvgIpc) is 2.43. The summed E-state index contributed by atoms with van der Waals surface area (Å²) in [5.74, 6) is 0.179. The minimum Gasteiger partial charge on any atom is -0.349 e. The number of nitrogens with zero attached hydrogens (tertiary/aromatic N) is 2. The molecule has 0 unspecified atom stereocenters. The topological polar surface area (TPSA) is 78.1 Å². The molecule has 1 atom stereocenters. The van der Waals surface area contributed by atoms with Gasteiger partial charge in [0.25, 0.3) is 11.5 Å². The largest absolute Gasteiger partial charge is 0.349 e. The van der Waals surface area contributed by atoms with Gasteiger partial charge in [0.1, 0.15) is 5.69 Å². The van der Waals surface area contributed by atoms with Crippen LogP contribution in [0.15, 0.2) is 16.9 Å². The summed E-state index contributed by atoms with van der Waals surface area (Å²) in [6, 6.07) is 3.01. The quantitative estimate of drug-likeness (QED) is 0.776. The first-order valence-corrected chi connectivity index (χ1v) is 7.07. The first kappa shape index (κ1) is 16.4. The van der Waals surface area contributed by atoms with Crippen LogP contribution in [0, 0.1) is 5.92 Å². The Hall–Kier alpha value is -1.69. The number of H-pyrrole nitrogens is 1. The second-order valence-corrected chi connectivity index (χ2v) is 5.05. The summed E-state index contributed by atoms with van der Waals surface area (Å²) < 4.78 is 0. The van der Waals surface area contributed by atoms with E-state index in [1.54, 1.807) is 0 Å². The number of carbonyl (C=O) groups excluding carboxylic acids is 1. The molecular formula is C14H24N4O2. The Morgan fingerprint density at radius 1 is 1.35 bits per heavy atom. The van der Waals surface area contributed by atoms with Crippen LogP contribution < -0.4 is 10.9 Å². The normalized spacial score (nSPS) is 12.7. The lowest BCUT2D eigenvalue weighted by molar-refractivity contribution is 0.0915. The van der Waals surface area contributed by atoms with Crippen LogP contribution in [-0.4, -0.2) is 46.7 Å². The molecular weight excluding hydrogens is 256 g/mol. The molecule has 1 rings (SSSR count). The smallest absolute Gasteiger partial charge is 0.271 e. The summed E-state index contributed by atoms with van der Waals surface area (Å²) in [5.41, 5.74) is -0.0867. The molecule has 0 aliphatic carbocycles. The molecule has 1 aromatic heterocycles. The van der Waals surface area contributed by atoms with Gasteiger partial charge in [0, 0.05) is 18.7 Å². The van der Waals surface area contributed by atoms with Crippen molar-refractivity contribution in [2.75, 3.05) is 19.6 Å². The van der Waals surface area contributed by atoms with E-state index >= 15 is 0 Å². The third-order valence-corrected chi connectivity index (χ3v) is 3.43. The molecule has 0 fully saturated rings. The molecule has 0 aromatic carbocycles. The van der Waals surface area contributed by atoms with Gasteiger partial charge in [-0.2, -0.15) is 5.10 Å². The average molecular weight is 280 g/mol. The molecule has 0 aliphatic heterocycles. The second kappa shape index (κ2) is 7.79. The van der Waals surface area contributed by atoms with Gasteiger partial charge < -0.3 is 5.32 Å². The van der Waals surface area contributed by atoms with Crippen molar-refractivity contribution in [3.63, 3.8) is 0 Å². The van der Waals surface area contributed by atoms with E-state index in [1.807, 2.05) is 0 Å². The lowest BCUT2D eigenvalue weighted by Gasteiger charge is -2.32. The fourth-order valence-corrected chi connectivity index (χ4v) is 2.24. The summed E-state index contributed by atoms with van der Waals surface area (Å²) in [4.78, 5) is 25.2. The number of hydrogen-bond donors (Lipinski definition) is 2. The van der Waals surface area contributed by atoms with Crippen molar-refractivity contribution in [1.82, 2.24) is 20.4 Å². The molecule has 6 nitrogen and oxygen atoms in total. The highest BCUT2D eigenvalue weighted by Crippen LogP contribution is 2.09. The molecule has 0 saturated heterocycles. The summed E-state index contributed by atoms with van der Waals surface area (Å²) in [5, 5.41) is 8.87. The van der Waals surface area contributed by atoms with Crippen LogP contribution in [0.25, 0.3) is 0 Å². The van der Waals surface area contributed by atoms with Crippen molar-refractivity contribution >= 4 is 5.91 Å². The number of aromatic amines is 1. The Morgan fingerprint density at radius 2 is 2.00 bits per heavy atom. The number of aromatic nitrogens is 2. The van der Waals surface area contributed by atoms with Crippen molar-refractivity contribution < 1.29 is 4.79 Å². The van der Waals surface area contributed by atoms with E-state index in [0.717, 1.165) is 13.1 Å². The van der Waals surface area contributed by atoms with Crippen molar-refractivity contribution in [1.29, 1.82) is 0 Å². The zero-order valence-corrected chi connectivity index (χ0v) is 12.6. The molecule has 0 spiro atoms. The summed E-state index contributed by atoms with van der Waals surface area (Å²) in [6.07, 6.45) is 0. The van der Waals surface area contributed by atoms with Gasteiger partial charge in [-0.05, 0) is 25.1 Å². The third kappa shape index (κ3) is 4.45. The van der Waals surface area contributed by atoms with Crippen molar-refractivity contribution in [2.24, 2.45) is 5.92 Å². The fourth-order valence-electron chi connectivity index (χ4n) is 2.24. The van der Waals surface area contributed by atoms with Gasteiger partial charge in [0.05, 0.1) is 0 Å². The number of amides is 1. The van der Waals surface area contributed by atoms with Crippen molar-refractivity contribution in [2.45, 2.75) is 33.7 Å². The van der Waals surface area contributed by atoms with Gasteiger partial charge >= 0.3 is 0 Å². The maximum Gasteiger partial charge on any atom is 0.271 e. The second-order valence-electron chi connectivity index (χ2n) is 5.05. The Kier molecular flexibility index (Phi) is 6.38. The van der Waals surface area contributed by atoms with Gasteiger partial charge in [0.15, 0.2) is 0 Å². The van der Waals surface area contributed by atoms with E-state index in [1.165, 1.54) is 12.1 Å². The van der Waals surface area contributed by atoms with E-state index in [0.29, 0.717) is 12.5 Å². The Balaban J connectivity index is 2.65. The molecule has 0 saturated carbocycles. The molecule has 2 N–H and O–H groups in total. The molecule has 6 heteroatoms. The molecule has 1 heterocycles. The van der Waals surface area contributed by atoms with Gasteiger partial charge in [0.2, 0.25) is 0 Å². The Morgan fingerprint density at radius 3 is 2.45 bits per heavy atom. The lowest BCUT2D eigenvalue weighted by Crippen LogP contribution is -2.47. The molecule has 0 bridgehead atoms. The number of nitrogens with one attached hydrogen (secondary N) is 2. The summed E-state index contributed by atoms with van der Waals surface area (Å²) in [6.45, 7) is 11.0. The zero-order chi connectivity index (χ0) is 15.1. The molecule has 112 valence electrons. The highest BCUT2D eigenvalue weighted by Gasteiger charge is 2.20. The fraction of sp³-hybridized carbons (Fsp3) is 0.643. The Labute approximate surface area is 119 Å². The van der Waals surface area contributed by atoms with Crippen LogP contribution in [0.3, 0.4) is 0 Å². The van der Waals surface area contributed by atoms with Crippen LogP contribution in [-0.2, 0) is 0 Å². The third-order valence-electron chi connectivity index (χ3n) is 3.43. The maximum absolute atomic E-state index is 12.0. The van der Waals surface area contributed by atoms with E-state index in [2.05, 4.69) is 48.1 Å². The monoisotopic (exact) mass is 280 g/mol. The highest BCUT2D eigenvalue weighted by molar-refractivity contribution is 5.91. The van der Waals surface area contributed by atoms with Crippen LogP contribution >= 0.6 is 0 Å². The van der Waals surface area contributed by atoms with E-state index in [4.69, 9.17) is 0 Å². The predicted molar refractivity (Wildman–Crippen MR) is 78.7 cm³/mol. The molecule has 1 amide bonds. The highest BCUT2D eigenvalue weighted by atomic mass is 16.2. The molecule has 0 radical (unpaired) electrons. The van der Waals surface area contributed by atoms with E-state index in [9.17, 15) is 9.59 Å². The van der Waals surface area contributed by atoms with E-state index < -0.39 is 0 Å². The van der Waals surface area contributed by atoms with Crippen LogP contribution in [0.1, 0.15) is 38.2 Å². The first-order valence-electron chi connectivity index (χ1n) is 7.07. The summed E-state index contributed by atoms with van der Waals surface area (Å²) in [7, 11) is 0. The van der Waals surface area contributed by atoms with Gasteiger partial charge in [-0.25, -0.2) is 5.10 Å². The predicted octanol–water partition coefficient (Wildman–Crippen LogP) is 0.866. The number of carbonyl (C=O) groups is 1. The first-order chi connectivity index (χ1) is 9.49. The van der Waals surface area contributed by atoms with Crippen LogP contribution in [0.2, 0.25) is 0 Å². The molecule has 1 aromatic rings. The van der Waals surface area contributed by atoms with Gasteiger partial charge in [-0.15, -0.1) is 0 Å². The summed E-state index contributed by atoms with van der Waals surface area (Å²) >= 11 is 0.